The number of hydrogen-bond acceptors (Lipinski definition) is 1. The lowest BCUT2D eigenvalue weighted by atomic mass is 9.90. The van der Waals surface area contributed by atoms with E-state index in [0.717, 1.165) is 0 Å². The number of unbranched alkanes of at least 4 members (excludes halogenated alkanes) is 2. The molecule has 0 atom stereocenters. The van der Waals surface area contributed by atoms with Crippen LogP contribution in [0.1, 0.15) is 63.9 Å². The first-order chi connectivity index (χ1) is 7.77. The molecule has 0 aliphatic carbocycles. The van der Waals surface area contributed by atoms with Crippen LogP contribution in [0.2, 0.25) is 0 Å². The summed E-state index contributed by atoms with van der Waals surface area (Å²) in [5, 5.41) is 0. The highest BCUT2D eigenvalue weighted by molar-refractivity contribution is 5.14. The molecule has 0 saturated carbocycles. The normalized spacial score (nSPS) is 10.9. The van der Waals surface area contributed by atoms with Crippen LogP contribution in [0.4, 0.5) is 0 Å². The number of aromatic amines is 1. The molecule has 0 unspecified atom stereocenters. The Morgan fingerprint density at radius 3 is 2.19 bits per heavy atom. The zero-order chi connectivity index (χ0) is 11.8. The fourth-order valence-electron chi connectivity index (χ4n) is 2.06. The lowest BCUT2D eigenvalue weighted by Crippen LogP contribution is -2.06. The van der Waals surface area contributed by atoms with E-state index in [-0.39, 0.29) is 5.56 Å². The van der Waals surface area contributed by atoms with Gasteiger partial charge in [-0.3, -0.25) is 4.79 Å². The largest absolute Gasteiger partial charge is 0.329 e. The molecule has 0 amide bonds. The van der Waals surface area contributed by atoms with Gasteiger partial charge in [0.25, 0.3) is 0 Å². The summed E-state index contributed by atoms with van der Waals surface area (Å²) in [6, 6.07) is 3.62. The molecule has 0 aromatic carbocycles. The maximum absolute atomic E-state index is 11.0. The molecule has 2 heteroatoms. The Kier molecular flexibility index (Phi) is 5.91. The van der Waals surface area contributed by atoms with Crippen molar-refractivity contribution >= 4 is 0 Å². The van der Waals surface area contributed by atoms with E-state index in [1.165, 1.54) is 44.1 Å². The average molecular weight is 221 g/mol. The van der Waals surface area contributed by atoms with Crippen molar-refractivity contribution < 1.29 is 0 Å². The number of aromatic nitrogens is 1. The minimum atomic E-state index is -0.00603. The molecular weight excluding hydrogens is 198 g/mol. The Balaban J connectivity index is 2.66. The summed E-state index contributed by atoms with van der Waals surface area (Å²) in [6.07, 6.45) is 9.39. The van der Waals surface area contributed by atoms with Gasteiger partial charge >= 0.3 is 0 Å². The van der Waals surface area contributed by atoms with Gasteiger partial charge in [0.15, 0.2) is 0 Å². The third kappa shape index (κ3) is 4.21. The minimum absolute atomic E-state index is 0.00603. The van der Waals surface area contributed by atoms with Gasteiger partial charge < -0.3 is 4.98 Å². The van der Waals surface area contributed by atoms with E-state index in [9.17, 15) is 4.79 Å². The molecule has 1 rings (SSSR count). The van der Waals surface area contributed by atoms with Gasteiger partial charge in [-0.2, -0.15) is 0 Å². The van der Waals surface area contributed by atoms with Gasteiger partial charge in [-0.05, 0) is 24.3 Å². The second kappa shape index (κ2) is 7.26. The highest BCUT2D eigenvalue weighted by Gasteiger charge is 2.10. The van der Waals surface area contributed by atoms with Crippen LogP contribution in [-0.4, -0.2) is 4.98 Å². The van der Waals surface area contributed by atoms with Crippen molar-refractivity contribution in [3.05, 3.63) is 34.2 Å². The molecule has 2 nitrogen and oxygen atoms in total. The van der Waals surface area contributed by atoms with Crippen molar-refractivity contribution in [2.45, 2.75) is 58.3 Å². The summed E-state index contributed by atoms with van der Waals surface area (Å²) >= 11 is 0. The smallest absolute Gasteiger partial charge is 0.247 e. The number of rotatable bonds is 7. The van der Waals surface area contributed by atoms with Crippen molar-refractivity contribution in [2.75, 3.05) is 0 Å². The zero-order valence-electron chi connectivity index (χ0n) is 10.5. The summed E-state index contributed by atoms with van der Waals surface area (Å²) < 4.78 is 0. The molecule has 0 aliphatic rings. The van der Waals surface area contributed by atoms with Gasteiger partial charge in [-0.15, -0.1) is 0 Å². The second-order valence-corrected chi connectivity index (χ2v) is 4.47. The molecule has 90 valence electrons. The van der Waals surface area contributed by atoms with Gasteiger partial charge in [0, 0.05) is 12.3 Å². The lowest BCUT2D eigenvalue weighted by Gasteiger charge is -2.16. The Morgan fingerprint density at radius 2 is 1.75 bits per heavy atom. The molecule has 1 heterocycles. The van der Waals surface area contributed by atoms with Gasteiger partial charge in [0.1, 0.15) is 0 Å². The van der Waals surface area contributed by atoms with Gasteiger partial charge in [-0.25, -0.2) is 0 Å². The number of H-pyrrole nitrogens is 1. The van der Waals surface area contributed by atoms with Crippen LogP contribution in [0, 0.1) is 0 Å². The van der Waals surface area contributed by atoms with E-state index in [1.54, 1.807) is 6.07 Å². The predicted octanol–water partition coefficient (Wildman–Crippen LogP) is 3.84. The summed E-state index contributed by atoms with van der Waals surface area (Å²) in [7, 11) is 0. The van der Waals surface area contributed by atoms with E-state index in [0.29, 0.717) is 5.92 Å². The molecular formula is C14H23NO. The second-order valence-electron chi connectivity index (χ2n) is 4.47. The Morgan fingerprint density at radius 1 is 1.12 bits per heavy atom. The molecule has 1 aromatic rings. The number of nitrogens with one attached hydrogen (secondary N) is 1. The molecule has 16 heavy (non-hydrogen) atoms. The number of pyridine rings is 1. The monoisotopic (exact) mass is 221 g/mol. The van der Waals surface area contributed by atoms with E-state index < -0.39 is 0 Å². The van der Waals surface area contributed by atoms with Crippen molar-refractivity contribution in [2.24, 2.45) is 0 Å². The maximum Gasteiger partial charge on any atom is 0.247 e. The van der Waals surface area contributed by atoms with Crippen molar-refractivity contribution in [3.8, 4) is 0 Å². The molecule has 0 fully saturated rings. The number of hydrogen-bond donors (Lipinski definition) is 1. The predicted molar refractivity (Wildman–Crippen MR) is 68.9 cm³/mol. The first-order valence-electron chi connectivity index (χ1n) is 6.46. The van der Waals surface area contributed by atoms with Crippen LogP contribution in [0.15, 0.2) is 23.1 Å². The average Bonchev–Trinajstić information content (AvgIpc) is 2.31. The van der Waals surface area contributed by atoms with E-state index in [4.69, 9.17) is 0 Å². The highest BCUT2D eigenvalue weighted by atomic mass is 16.1. The summed E-state index contributed by atoms with van der Waals surface area (Å²) in [6.45, 7) is 4.45. The molecule has 0 radical (unpaired) electrons. The van der Waals surface area contributed by atoms with E-state index in [2.05, 4.69) is 18.8 Å². The molecule has 0 bridgehead atoms. The first kappa shape index (κ1) is 13.0. The third-order valence-electron chi connectivity index (χ3n) is 3.09. The quantitative estimate of drug-likeness (QED) is 0.745. The fraction of sp³-hybridized carbons (Fsp3) is 0.643. The van der Waals surface area contributed by atoms with Crippen molar-refractivity contribution in [1.29, 1.82) is 0 Å². The van der Waals surface area contributed by atoms with Gasteiger partial charge in [-0.1, -0.05) is 45.6 Å². The van der Waals surface area contributed by atoms with Gasteiger partial charge in [0.05, 0.1) is 0 Å². The van der Waals surface area contributed by atoms with Gasteiger partial charge in [0.2, 0.25) is 5.56 Å². The van der Waals surface area contributed by atoms with Crippen LogP contribution in [0.5, 0.6) is 0 Å². The van der Waals surface area contributed by atoms with Crippen LogP contribution < -0.4 is 5.56 Å². The van der Waals surface area contributed by atoms with E-state index in [1.807, 2.05) is 12.3 Å². The third-order valence-corrected chi connectivity index (χ3v) is 3.09. The SMILES string of the molecule is CCCCC(CCCC)c1ccc(=O)[nH]c1. The molecule has 1 N–H and O–H groups in total. The van der Waals surface area contributed by atoms with Crippen LogP contribution >= 0.6 is 0 Å². The Labute approximate surface area is 98.1 Å². The summed E-state index contributed by atoms with van der Waals surface area (Å²) in [5.74, 6) is 0.622. The molecule has 0 spiro atoms. The topological polar surface area (TPSA) is 32.9 Å². The molecule has 0 saturated heterocycles. The Bertz CT molecular complexity index is 314. The maximum atomic E-state index is 11.0. The summed E-state index contributed by atoms with van der Waals surface area (Å²) in [4.78, 5) is 13.8. The van der Waals surface area contributed by atoms with Crippen LogP contribution in [0.25, 0.3) is 0 Å². The Hall–Kier alpha value is -1.05. The van der Waals surface area contributed by atoms with E-state index >= 15 is 0 Å². The van der Waals surface area contributed by atoms with Crippen molar-refractivity contribution in [3.63, 3.8) is 0 Å². The fourth-order valence-corrected chi connectivity index (χ4v) is 2.06. The minimum Gasteiger partial charge on any atom is -0.329 e. The molecule has 0 aliphatic heterocycles. The van der Waals surface area contributed by atoms with Crippen LogP contribution in [0.3, 0.4) is 0 Å². The standard InChI is InChI=1S/C14H23NO/c1-3-5-7-12(8-6-4-2)13-9-10-14(16)15-11-13/h9-12H,3-8H2,1-2H3,(H,15,16). The zero-order valence-corrected chi connectivity index (χ0v) is 10.5. The summed E-state index contributed by atoms with van der Waals surface area (Å²) in [5.41, 5.74) is 1.29. The molecule has 1 aromatic heterocycles. The highest BCUT2D eigenvalue weighted by Crippen LogP contribution is 2.26. The lowest BCUT2D eigenvalue weighted by molar-refractivity contribution is 0.523. The first-order valence-corrected chi connectivity index (χ1v) is 6.46. The van der Waals surface area contributed by atoms with Crippen molar-refractivity contribution in [1.82, 2.24) is 4.98 Å². The van der Waals surface area contributed by atoms with Crippen LogP contribution in [-0.2, 0) is 0 Å².